The highest BCUT2D eigenvalue weighted by atomic mass is 35.5. The lowest BCUT2D eigenvalue weighted by molar-refractivity contribution is 0.0746. The summed E-state index contributed by atoms with van der Waals surface area (Å²) >= 11 is 6.18. The van der Waals surface area contributed by atoms with Crippen molar-refractivity contribution in [3.05, 3.63) is 82.1 Å². The molecule has 1 fully saturated rings. The molecular weight excluding hydrogens is 558 g/mol. The normalized spacial score (nSPS) is 18.2. The maximum absolute atomic E-state index is 13.6. The molecule has 3 aliphatic rings. The zero-order valence-electron chi connectivity index (χ0n) is 23.4. The standard InChI is InChI=1S/C30H30ClN7O4/c1-35-10-9-19-16-24-27(42-18-41-24)28(40-2)25(19)26(35)29-32-33-34-38(29)23-8-3-5-20(15-23)30(39)37-13-11-36(12-14-37)22-7-4-6-21(31)17-22/h3-8,15-17,26H,9-14,18H2,1-2H3/t26-/m0/s1. The van der Waals surface area contributed by atoms with Crippen LogP contribution in [0, 0.1) is 0 Å². The van der Waals surface area contributed by atoms with Crippen LogP contribution in [0.25, 0.3) is 5.69 Å². The summed E-state index contributed by atoms with van der Waals surface area (Å²) < 4.78 is 19.0. The van der Waals surface area contributed by atoms with E-state index in [1.165, 1.54) is 0 Å². The highest BCUT2D eigenvalue weighted by Crippen LogP contribution is 2.50. The lowest BCUT2D eigenvalue weighted by Gasteiger charge is -2.36. The van der Waals surface area contributed by atoms with E-state index in [1.54, 1.807) is 11.8 Å². The monoisotopic (exact) mass is 587 g/mol. The van der Waals surface area contributed by atoms with Crippen LogP contribution in [0.15, 0.2) is 54.6 Å². The van der Waals surface area contributed by atoms with Gasteiger partial charge >= 0.3 is 0 Å². The lowest BCUT2D eigenvalue weighted by Crippen LogP contribution is -2.48. The number of methoxy groups -OCH3 is 1. The fourth-order valence-electron chi connectivity index (χ4n) is 6.10. The number of amides is 1. The van der Waals surface area contributed by atoms with Crippen LogP contribution in [0.4, 0.5) is 5.69 Å². The Balaban J connectivity index is 1.16. The number of hydrogen-bond acceptors (Lipinski definition) is 9. The number of fused-ring (bicyclic) bond motifs is 2. The quantitative estimate of drug-likeness (QED) is 0.347. The van der Waals surface area contributed by atoms with Crippen molar-refractivity contribution in [3.63, 3.8) is 0 Å². The number of anilines is 1. The van der Waals surface area contributed by atoms with Crippen molar-refractivity contribution < 1.29 is 19.0 Å². The first-order valence-electron chi connectivity index (χ1n) is 13.9. The van der Waals surface area contributed by atoms with Gasteiger partial charge in [-0.1, -0.05) is 23.7 Å². The van der Waals surface area contributed by atoms with Crippen molar-refractivity contribution in [1.29, 1.82) is 0 Å². The molecule has 0 bridgehead atoms. The molecule has 216 valence electrons. The fourth-order valence-corrected chi connectivity index (χ4v) is 6.29. The molecule has 1 amide bonds. The molecule has 1 aromatic heterocycles. The van der Waals surface area contributed by atoms with Gasteiger partial charge in [0.2, 0.25) is 12.5 Å². The van der Waals surface area contributed by atoms with Crippen LogP contribution in [0.2, 0.25) is 5.02 Å². The van der Waals surface area contributed by atoms with Gasteiger partial charge in [-0.2, -0.15) is 4.68 Å². The molecule has 3 aromatic carbocycles. The molecule has 3 aliphatic heterocycles. The minimum atomic E-state index is -0.299. The summed E-state index contributed by atoms with van der Waals surface area (Å²) in [6.07, 6.45) is 0.825. The summed E-state index contributed by atoms with van der Waals surface area (Å²) in [5.74, 6) is 2.51. The molecule has 0 N–H and O–H groups in total. The number of piperazine rings is 1. The van der Waals surface area contributed by atoms with E-state index in [9.17, 15) is 4.79 Å². The Kier molecular flexibility index (Phi) is 6.83. The van der Waals surface area contributed by atoms with E-state index in [-0.39, 0.29) is 18.7 Å². The molecule has 0 saturated carbocycles. The number of ether oxygens (including phenoxy) is 3. The van der Waals surface area contributed by atoms with Crippen LogP contribution in [-0.2, 0) is 6.42 Å². The van der Waals surface area contributed by atoms with Gasteiger partial charge in [-0.3, -0.25) is 9.69 Å². The Morgan fingerprint density at radius 3 is 2.62 bits per heavy atom. The minimum absolute atomic E-state index is 0.0215. The Morgan fingerprint density at radius 1 is 1.00 bits per heavy atom. The first-order valence-corrected chi connectivity index (χ1v) is 14.3. The predicted molar refractivity (Wildman–Crippen MR) is 156 cm³/mol. The molecule has 0 radical (unpaired) electrons. The van der Waals surface area contributed by atoms with Crippen molar-refractivity contribution in [2.24, 2.45) is 0 Å². The van der Waals surface area contributed by atoms with Crippen LogP contribution < -0.4 is 19.1 Å². The average molecular weight is 588 g/mol. The van der Waals surface area contributed by atoms with Gasteiger partial charge in [0, 0.05) is 54.6 Å². The van der Waals surface area contributed by atoms with Gasteiger partial charge in [0.15, 0.2) is 17.3 Å². The van der Waals surface area contributed by atoms with Crippen molar-refractivity contribution in [2.45, 2.75) is 12.5 Å². The van der Waals surface area contributed by atoms with Crippen LogP contribution in [-0.4, -0.2) is 89.6 Å². The Morgan fingerprint density at radius 2 is 1.81 bits per heavy atom. The molecule has 11 nitrogen and oxygen atoms in total. The van der Waals surface area contributed by atoms with Crippen LogP contribution in [0.5, 0.6) is 17.2 Å². The van der Waals surface area contributed by atoms with E-state index < -0.39 is 0 Å². The number of halogens is 1. The predicted octanol–water partition coefficient (Wildman–Crippen LogP) is 3.59. The second kappa shape index (κ2) is 10.8. The topological polar surface area (TPSA) is 98.1 Å². The summed E-state index contributed by atoms with van der Waals surface area (Å²) in [4.78, 5) is 19.9. The maximum atomic E-state index is 13.6. The van der Waals surface area contributed by atoms with E-state index in [4.69, 9.17) is 25.8 Å². The fraction of sp³-hybridized carbons (Fsp3) is 0.333. The van der Waals surface area contributed by atoms with Gasteiger partial charge in [0.1, 0.15) is 6.04 Å². The molecule has 1 saturated heterocycles. The molecule has 12 heteroatoms. The lowest BCUT2D eigenvalue weighted by atomic mass is 9.90. The summed E-state index contributed by atoms with van der Waals surface area (Å²) in [5, 5.41) is 13.6. The first-order chi connectivity index (χ1) is 20.5. The van der Waals surface area contributed by atoms with Crippen LogP contribution in [0.1, 0.15) is 33.4 Å². The van der Waals surface area contributed by atoms with Crippen LogP contribution in [0.3, 0.4) is 0 Å². The first kappa shape index (κ1) is 26.5. The molecule has 7 rings (SSSR count). The molecule has 1 atom stereocenters. The van der Waals surface area contributed by atoms with E-state index in [1.807, 2.05) is 66.5 Å². The number of likely N-dealkylation sites (N-methyl/N-ethyl adjacent to an activating group) is 1. The van der Waals surface area contributed by atoms with Gasteiger partial charge in [-0.25, -0.2) is 0 Å². The largest absolute Gasteiger partial charge is 0.492 e. The third kappa shape index (κ3) is 4.58. The van der Waals surface area contributed by atoms with E-state index in [0.29, 0.717) is 52.4 Å². The van der Waals surface area contributed by atoms with Crippen molar-refractivity contribution in [2.75, 3.05) is 58.6 Å². The molecule has 4 heterocycles. The molecule has 42 heavy (non-hydrogen) atoms. The van der Waals surface area contributed by atoms with Crippen LogP contribution >= 0.6 is 11.6 Å². The molecule has 0 unspecified atom stereocenters. The average Bonchev–Trinajstić information content (AvgIpc) is 3.70. The number of aromatic nitrogens is 4. The smallest absolute Gasteiger partial charge is 0.254 e. The van der Waals surface area contributed by atoms with Gasteiger partial charge in [-0.05, 0) is 71.9 Å². The molecule has 0 aliphatic carbocycles. The Hall–Kier alpha value is -4.35. The zero-order valence-corrected chi connectivity index (χ0v) is 24.1. The number of hydrogen-bond donors (Lipinski definition) is 0. The van der Waals surface area contributed by atoms with Gasteiger partial charge in [0.05, 0.1) is 12.8 Å². The summed E-state index contributed by atoms with van der Waals surface area (Å²) in [6.45, 7) is 3.65. The number of benzene rings is 3. The summed E-state index contributed by atoms with van der Waals surface area (Å²) in [5.41, 5.74) is 4.42. The molecular formula is C30H30ClN7O4. The van der Waals surface area contributed by atoms with E-state index in [2.05, 4.69) is 25.3 Å². The number of carbonyl (C=O) groups is 1. The highest BCUT2D eigenvalue weighted by molar-refractivity contribution is 6.30. The second-order valence-corrected chi connectivity index (χ2v) is 11.0. The highest BCUT2D eigenvalue weighted by Gasteiger charge is 2.38. The third-order valence-corrected chi connectivity index (χ3v) is 8.45. The minimum Gasteiger partial charge on any atom is -0.492 e. The molecule has 4 aromatic rings. The summed E-state index contributed by atoms with van der Waals surface area (Å²) in [7, 11) is 3.68. The Bertz CT molecular complexity index is 1650. The number of rotatable bonds is 5. The maximum Gasteiger partial charge on any atom is 0.254 e. The number of carbonyl (C=O) groups excluding carboxylic acids is 1. The van der Waals surface area contributed by atoms with Crippen molar-refractivity contribution in [3.8, 4) is 22.9 Å². The van der Waals surface area contributed by atoms with E-state index >= 15 is 0 Å². The van der Waals surface area contributed by atoms with Crippen molar-refractivity contribution >= 4 is 23.2 Å². The SMILES string of the molecule is COc1c2c(cc3c1[C@@H](c1nnnn1-c1cccc(C(=O)N4CCN(c5cccc(Cl)c5)CC4)c1)N(C)CC3)OCO2. The van der Waals surface area contributed by atoms with Gasteiger partial charge in [-0.15, -0.1) is 5.10 Å². The zero-order chi connectivity index (χ0) is 28.8. The van der Waals surface area contributed by atoms with E-state index in [0.717, 1.165) is 42.9 Å². The van der Waals surface area contributed by atoms with Gasteiger partial charge in [0.25, 0.3) is 5.91 Å². The second-order valence-electron chi connectivity index (χ2n) is 10.6. The molecule has 0 spiro atoms. The van der Waals surface area contributed by atoms with Crippen molar-refractivity contribution in [1.82, 2.24) is 30.0 Å². The third-order valence-electron chi connectivity index (χ3n) is 8.21. The Labute approximate surface area is 248 Å². The number of tetrazole rings is 1. The summed E-state index contributed by atoms with van der Waals surface area (Å²) in [6, 6.07) is 17.0. The number of nitrogens with zero attached hydrogens (tertiary/aromatic N) is 7. The van der Waals surface area contributed by atoms with Gasteiger partial charge < -0.3 is 24.0 Å².